The molecule has 0 spiro atoms. The molecule has 0 radical (unpaired) electrons. The summed E-state index contributed by atoms with van der Waals surface area (Å²) >= 11 is 0. The first kappa shape index (κ1) is 11.6. The van der Waals surface area contributed by atoms with Crippen molar-refractivity contribution >= 4 is 0 Å². The van der Waals surface area contributed by atoms with E-state index in [0.717, 1.165) is 18.4 Å². The molecule has 0 saturated heterocycles. The zero-order chi connectivity index (χ0) is 11.6. The van der Waals surface area contributed by atoms with Gasteiger partial charge in [-0.3, -0.25) is 0 Å². The van der Waals surface area contributed by atoms with E-state index in [4.69, 9.17) is 5.73 Å². The van der Waals surface area contributed by atoms with Gasteiger partial charge in [0, 0.05) is 12.5 Å². The third kappa shape index (κ3) is 2.82. The second-order valence-corrected chi connectivity index (χ2v) is 5.17. The van der Waals surface area contributed by atoms with Crippen LogP contribution in [0.2, 0.25) is 0 Å². The zero-order valence-electron chi connectivity index (χ0n) is 9.88. The van der Waals surface area contributed by atoms with Gasteiger partial charge < -0.3 is 5.73 Å². The molecule has 1 saturated carbocycles. The minimum Gasteiger partial charge on any atom is -0.328 e. The summed E-state index contributed by atoms with van der Waals surface area (Å²) in [7, 11) is 0. The summed E-state index contributed by atoms with van der Waals surface area (Å²) in [5, 5.41) is 0. The lowest BCUT2D eigenvalue weighted by Gasteiger charge is -2.33. The van der Waals surface area contributed by atoms with Crippen LogP contribution in [0.1, 0.15) is 36.8 Å². The first-order valence-electron chi connectivity index (χ1n) is 6.07. The molecule has 1 aliphatic carbocycles. The number of benzene rings is 1. The average molecular weight is 221 g/mol. The first-order chi connectivity index (χ1) is 7.57. The topological polar surface area (TPSA) is 26.0 Å². The van der Waals surface area contributed by atoms with Crippen molar-refractivity contribution < 1.29 is 4.39 Å². The average Bonchev–Trinajstić information content (AvgIpc) is 2.16. The van der Waals surface area contributed by atoms with Crippen LogP contribution in [0, 0.1) is 6.92 Å². The molecular formula is C14H20FN. The summed E-state index contributed by atoms with van der Waals surface area (Å²) in [5.41, 5.74) is 7.07. The van der Waals surface area contributed by atoms with Crippen LogP contribution in [0.5, 0.6) is 0 Å². The summed E-state index contributed by atoms with van der Waals surface area (Å²) in [4.78, 5) is 0. The predicted octanol–water partition coefficient (Wildman–Crippen LogP) is 3.15. The van der Waals surface area contributed by atoms with Gasteiger partial charge in [-0.05, 0) is 38.2 Å². The Morgan fingerprint density at radius 1 is 1.50 bits per heavy atom. The van der Waals surface area contributed by atoms with Crippen LogP contribution in [-0.4, -0.2) is 11.7 Å². The Morgan fingerprint density at radius 3 is 3.00 bits per heavy atom. The van der Waals surface area contributed by atoms with Gasteiger partial charge in [-0.1, -0.05) is 29.8 Å². The monoisotopic (exact) mass is 221 g/mol. The fourth-order valence-corrected chi connectivity index (χ4v) is 2.70. The molecule has 1 aromatic rings. The van der Waals surface area contributed by atoms with Gasteiger partial charge in [-0.25, -0.2) is 4.39 Å². The lowest BCUT2D eigenvalue weighted by Crippen LogP contribution is -2.39. The molecule has 88 valence electrons. The van der Waals surface area contributed by atoms with E-state index in [1.807, 2.05) is 25.1 Å². The number of aryl methyl sites for hydroxylation is 1. The number of hydrogen-bond donors (Lipinski definition) is 1. The Kier molecular flexibility index (Phi) is 3.29. The van der Waals surface area contributed by atoms with E-state index in [-0.39, 0.29) is 6.04 Å². The van der Waals surface area contributed by atoms with Crippen molar-refractivity contribution in [3.8, 4) is 0 Å². The van der Waals surface area contributed by atoms with Crippen molar-refractivity contribution in [2.45, 2.75) is 50.7 Å². The summed E-state index contributed by atoms with van der Waals surface area (Å²) in [6.07, 6.45) is 3.58. The van der Waals surface area contributed by atoms with Gasteiger partial charge in [0.2, 0.25) is 0 Å². The lowest BCUT2D eigenvalue weighted by atomic mass is 9.79. The van der Waals surface area contributed by atoms with Crippen molar-refractivity contribution in [2.24, 2.45) is 5.73 Å². The standard InChI is InChI=1S/C14H20FN/c1-11-4-2-5-12(8-11)9-14(15)7-3-6-13(16)10-14/h2,4-5,8,13H,3,6-7,9-10,16H2,1H3. The van der Waals surface area contributed by atoms with Crippen LogP contribution in [0.15, 0.2) is 24.3 Å². The molecular weight excluding hydrogens is 201 g/mol. The van der Waals surface area contributed by atoms with E-state index in [1.165, 1.54) is 5.56 Å². The fourth-order valence-electron chi connectivity index (χ4n) is 2.70. The fraction of sp³-hybridized carbons (Fsp3) is 0.571. The van der Waals surface area contributed by atoms with Crippen LogP contribution in [0.4, 0.5) is 4.39 Å². The zero-order valence-corrected chi connectivity index (χ0v) is 9.88. The third-order valence-electron chi connectivity index (χ3n) is 3.43. The number of rotatable bonds is 2. The third-order valence-corrected chi connectivity index (χ3v) is 3.43. The first-order valence-corrected chi connectivity index (χ1v) is 6.07. The van der Waals surface area contributed by atoms with Gasteiger partial charge in [0.05, 0.1) is 0 Å². The Bertz CT molecular complexity index is 364. The van der Waals surface area contributed by atoms with Crippen LogP contribution >= 0.6 is 0 Å². The van der Waals surface area contributed by atoms with E-state index in [9.17, 15) is 4.39 Å². The summed E-state index contributed by atoms with van der Waals surface area (Å²) in [5.74, 6) is 0. The maximum Gasteiger partial charge on any atom is 0.116 e. The molecule has 0 aliphatic heterocycles. The molecule has 0 bridgehead atoms. The molecule has 2 heteroatoms. The van der Waals surface area contributed by atoms with Gasteiger partial charge in [0.25, 0.3) is 0 Å². The predicted molar refractivity (Wildman–Crippen MR) is 65.2 cm³/mol. The molecule has 2 atom stereocenters. The van der Waals surface area contributed by atoms with Gasteiger partial charge in [0.15, 0.2) is 0 Å². The van der Waals surface area contributed by atoms with E-state index in [0.29, 0.717) is 19.3 Å². The van der Waals surface area contributed by atoms with Gasteiger partial charge in [0.1, 0.15) is 5.67 Å². The van der Waals surface area contributed by atoms with Crippen molar-refractivity contribution in [1.29, 1.82) is 0 Å². The smallest absolute Gasteiger partial charge is 0.116 e. The van der Waals surface area contributed by atoms with Crippen LogP contribution in [0.3, 0.4) is 0 Å². The molecule has 1 nitrogen and oxygen atoms in total. The van der Waals surface area contributed by atoms with E-state index in [2.05, 4.69) is 6.07 Å². The molecule has 0 heterocycles. The van der Waals surface area contributed by atoms with Crippen LogP contribution < -0.4 is 5.73 Å². The second-order valence-electron chi connectivity index (χ2n) is 5.17. The Labute approximate surface area is 96.9 Å². The van der Waals surface area contributed by atoms with Crippen LogP contribution in [0.25, 0.3) is 0 Å². The Morgan fingerprint density at radius 2 is 2.31 bits per heavy atom. The molecule has 2 N–H and O–H groups in total. The normalized spacial score (nSPS) is 30.3. The van der Waals surface area contributed by atoms with E-state index < -0.39 is 5.67 Å². The highest BCUT2D eigenvalue weighted by Gasteiger charge is 2.35. The summed E-state index contributed by atoms with van der Waals surface area (Å²) in [6, 6.07) is 8.16. The molecule has 0 aromatic heterocycles. The number of alkyl halides is 1. The molecule has 2 rings (SSSR count). The maximum absolute atomic E-state index is 14.6. The van der Waals surface area contributed by atoms with Crippen LogP contribution in [-0.2, 0) is 6.42 Å². The molecule has 1 aromatic carbocycles. The summed E-state index contributed by atoms with van der Waals surface area (Å²) in [6.45, 7) is 2.04. The highest BCUT2D eigenvalue weighted by Crippen LogP contribution is 2.34. The van der Waals surface area contributed by atoms with Gasteiger partial charge in [-0.2, -0.15) is 0 Å². The quantitative estimate of drug-likeness (QED) is 0.815. The molecule has 16 heavy (non-hydrogen) atoms. The summed E-state index contributed by atoms with van der Waals surface area (Å²) < 4.78 is 14.6. The second kappa shape index (κ2) is 4.54. The number of halogens is 1. The Balaban J connectivity index is 2.08. The van der Waals surface area contributed by atoms with Crippen molar-refractivity contribution in [2.75, 3.05) is 0 Å². The largest absolute Gasteiger partial charge is 0.328 e. The number of nitrogens with two attached hydrogens (primary N) is 1. The van der Waals surface area contributed by atoms with Crippen molar-refractivity contribution in [1.82, 2.24) is 0 Å². The van der Waals surface area contributed by atoms with Gasteiger partial charge >= 0.3 is 0 Å². The molecule has 0 amide bonds. The van der Waals surface area contributed by atoms with Gasteiger partial charge in [-0.15, -0.1) is 0 Å². The lowest BCUT2D eigenvalue weighted by molar-refractivity contribution is 0.0965. The minimum atomic E-state index is -1.08. The minimum absolute atomic E-state index is 0.0450. The Hall–Kier alpha value is -0.890. The molecule has 2 unspecified atom stereocenters. The van der Waals surface area contributed by atoms with E-state index >= 15 is 0 Å². The molecule has 1 fully saturated rings. The highest BCUT2D eigenvalue weighted by molar-refractivity contribution is 5.24. The van der Waals surface area contributed by atoms with E-state index in [1.54, 1.807) is 0 Å². The maximum atomic E-state index is 14.6. The van der Waals surface area contributed by atoms with Crippen molar-refractivity contribution in [3.05, 3.63) is 35.4 Å². The number of hydrogen-bond acceptors (Lipinski definition) is 1. The molecule has 1 aliphatic rings. The van der Waals surface area contributed by atoms with Crippen molar-refractivity contribution in [3.63, 3.8) is 0 Å². The highest BCUT2D eigenvalue weighted by atomic mass is 19.1. The SMILES string of the molecule is Cc1cccc(CC2(F)CCCC(N)C2)c1.